The van der Waals surface area contributed by atoms with Crippen LogP contribution in [0, 0.1) is 41.4 Å². The van der Waals surface area contributed by atoms with Gasteiger partial charge in [0.1, 0.15) is 6.10 Å². The van der Waals surface area contributed by atoms with E-state index in [1.807, 2.05) is 0 Å². The SMILES string of the molecule is O=C1CCCCC(CCOC(=O)C2CC3CC2C2C4C=CC(C4)C32)O1. The molecule has 0 amide bonds. The number of allylic oxidation sites excluding steroid dienone is 2. The topological polar surface area (TPSA) is 52.6 Å². The van der Waals surface area contributed by atoms with E-state index in [9.17, 15) is 9.59 Å². The monoisotopic (exact) mass is 344 g/mol. The van der Waals surface area contributed by atoms with Gasteiger partial charge in [0.05, 0.1) is 12.5 Å². The van der Waals surface area contributed by atoms with Gasteiger partial charge in [-0.3, -0.25) is 9.59 Å². The summed E-state index contributed by atoms with van der Waals surface area (Å²) in [6.07, 6.45) is 12.4. The molecule has 1 saturated heterocycles. The van der Waals surface area contributed by atoms with E-state index in [2.05, 4.69) is 12.2 Å². The van der Waals surface area contributed by atoms with Crippen molar-refractivity contribution in [2.24, 2.45) is 41.4 Å². The molecule has 4 fully saturated rings. The van der Waals surface area contributed by atoms with Crippen LogP contribution in [0.2, 0.25) is 0 Å². The van der Waals surface area contributed by atoms with Gasteiger partial charge in [0.15, 0.2) is 0 Å². The molecule has 0 spiro atoms. The van der Waals surface area contributed by atoms with E-state index < -0.39 is 0 Å². The van der Waals surface area contributed by atoms with Gasteiger partial charge < -0.3 is 9.47 Å². The van der Waals surface area contributed by atoms with Gasteiger partial charge >= 0.3 is 11.9 Å². The van der Waals surface area contributed by atoms with Gasteiger partial charge in [0, 0.05) is 12.8 Å². The molecular formula is C21H28O4. The predicted molar refractivity (Wildman–Crippen MR) is 91.3 cm³/mol. The first-order valence-electron chi connectivity index (χ1n) is 10.2. The van der Waals surface area contributed by atoms with E-state index in [1.54, 1.807) is 0 Å². The van der Waals surface area contributed by atoms with Crippen molar-refractivity contribution in [1.29, 1.82) is 0 Å². The van der Waals surface area contributed by atoms with E-state index >= 15 is 0 Å². The summed E-state index contributed by atoms with van der Waals surface area (Å²) in [4.78, 5) is 24.2. The second-order valence-corrected chi connectivity index (χ2v) is 8.92. The molecule has 4 nitrogen and oxygen atoms in total. The van der Waals surface area contributed by atoms with Crippen molar-refractivity contribution < 1.29 is 19.1 Å². The van der Waals surface area contributed by atoms with Crippen LogP contribution in [0.15, 0.2) is 12.2 Å². The summed E-state index contributed by atoms with van der Waals surface area (Å²) in [6.45, 7) is 0.394. The standard InChI is InChI=1S/C21H28O4/c22-18-4-2-1-3-15(25-18)7-8-24-21(23)17-11-14-10-16(17)20-13-6-5-12(9-13)19(14)20/h5-6,12-17,19-20H,1-4,7-11H2. The second-order valence-electron chi connectivity index (χ2n) is 8.92. The Morgan fingerprint density at radius 2 is 1.96 bits per heavy atom. The van der Waals surface area contributed by atoms with Crippen molar-refractivity contribution in [3.8, 4) is 0 Å². The van der Waals surface area contributed by atoms with E-state index in [0.29, 0.717) is 25.4 Å². The number of fused-ring (bicyclic) bond motifs is 9. The number of esters is 2. The lowest BCUT2D eigenvalue weighted by Crippen LogP contribution is -2.35. The molecule has 8 unspecified atom stereocenters. The van der Waals surface area contributed by atoms with Crippen molar-refractivity contribution in [3.63, 3.8) is 0 Å². The lowest BCUT2D eigenvalue weighted by molar-refractivity contribution is -0.154. The average Bonchev–Trinajstić information content (AvgIpc) is 3.34. The summed E-state index contributed by atoms with van der Waals surface area (Å²) in [5.41, 5.74) is 0. The highest BCUT2D eigenvalue weighted by molar-refractivity contribution is 5.73. The molecule has 4 aliphatic carbocycles. The maximum absolute atomic E-state index is 12.7. The zero-order valence-corrected chi connectivity index (χ0v) is 14.8. The fourth-order valence-corrected chi connectivity index (χ4v) is 6.83. The molecule has 0 aromatic rings. The molecule has 4 heteroatoms. The Labute approximate surface area is 149 Å². The Morgan fingerprint density at radius 3 is 2.84 bits per heavy atom. The molecule has 3 saturated carbocycles. The molecule has 25 heavy (non-hydrogen) atoms. The molecule has 4 bridgehead atoms. The second kappa shape index (κ2) is 6.14. The number of hydrogen-bond acceptors (Lipinski definition) is 4. The molecule has 136 valence electrons. The molecule has 1 heterocycles. The van der Waals surface area contributed by atoms with Crippen LogP contribution >= 0.6 is 0 Å². The highest BCUT2D eigenvalue weighted by Crippen LogP contribution is 2.67. The predicted octanol–water partition coefficient (Wildman–Crippen LogP) is 3.50. The van der Waals surface area contributed by atoms with Crippen LogP contribution in [0.1, 0.15) is 51.4 Å². The number of carbonyl (C=O) groups is 2. The van der Waals surface area contributed by atoms with Crippen LogP contribution in [0.5, 0.6) is 0 Å². The Bertz CT molecular complexity index is 597. The van der Waals surface area contributed by atoms with Crippen molar-refractivity contribution in [1.82, 2.24) is 0 Å². The average molecular weight is 344 g/mol. The lowest BCUT2D eigenvalue weighted by Gasteiger charge is -2.35. The number of carbonyl (C=O) groups excluding carboxylic acids is 2. The first-order chi connectivity index (χ1) is 12.2. The van der Waals surface area contributed by atoms with Gasteiger partial charge in [-0.1, -0.05) is 12.2 Å². The number of ether oxygens (including phenoxy) is 2. The minimum absolute atomic E-state index is 0.0117. The zero-order valence-electron chi connectivity index (χ0n) is 14.8. The zero-order chi connectivity index (χ0) is 17.0. The summed E-state index contributed by atoms with van der Waals surface area (Å²) in [6, 6.07) is 0. The molecule has 5 rings (SSSR count). The summed E-state index contributed by atoms with van der Waals surface area (Å²) in [5.74, 6) is 4.46. The molecule has 1 aliphatic heterocycles. The van der Waals surface area contributed by atoms with E-state index in [1.165, 1.54) is 12.8 Å². The number of cyclic esters (lactones) is 1. The summed E-state index contributed by atoms with van der Waals surface area (Å²) >= 11 is 0. The summed E-state index contributed by atoms with van der Waals surface area (Å²) in [7, 11) is 0. The van der Waals surface area contributed by atoms with E-state index in [4.69, 9.17) is 9.47 Å². The van der Waals surface area contributed by atoms with Crippen molar-refractivity contribution >= 4 is 11.9 Å². The Hall–Kier alpha value is -1.32. The molecule has 0 N–H and O–H groups in total. The highest BCUT2D eigenvalue weighted by atomic mass is 16.6. The smallest absolute Gasteiger partial charge is 0.309 e. The first-order valence-corrected chi connectivity index (χ1v) is 10.2. The van der Waals surface area contributed by atoms with Crippen LogP contribution in [0.3, 0.4) is 0 Å². The van der Waals surface area contributed by atoms with E-state index in [0.717, 1.165) is 55.3 Å². The Morgan fingerprint density at radius 1 is 1.12 bits per heavy atom. The number of rotatable bonds is 4. The van der Waals surface area contributed by atoms with Crippen LogP contribution in [-0.4, -0.2) is 24.6 Å². The lowest BCUT2D eigenvalue weighted by atomic mass is 9.69. The fourth-order valence-electron chi connectivity index (χ4n) is 6.83. The van der Waals surface area contributed by atoms with Gasteiger partial charge in [0.25, 0.3) is 0 Å². The largest absolute Gasteiger partial charge is 0.465 e. The van der Waals surface area contributed by atoms with Gasteiger partial charge in [-0.25, -0.2) is 0 Å². The fraction of sp³-hybridized carbons (Fsp3) is 0.810. The van der Waals surface area contributed by atoms with Crippen LogP contribution in [-0.2, 0) is 19.1 Å². The van der Waals surface area contributed by atoms with Crippen molar-refractivity contribution in [2.75, 3.05) is 6.61 Å². The molecule has 0 aromatic heterocycles. The minimum Gasteiger partial charge on any atom is -0.465 e. The molecule has 5 aliphatic rings. The quantitative estimate of drug-likeness (QED) is 0.445. The van der Waals surface area contributed by atoms with Crippen molar-refractivity contribution in [2.45, 2.75) is 57.5 Å². The normalized spacial score (nSPS) is 46.8. The summed E-state index contributed by atoms with van der Waals surface area (Å²) in [5, 5.41) is 0. The maximum atomic E-state index is 12.7. The van der Waals surface area contributed by atoms with E-state index in [-0.39, 0.29) is 24.0 Å². The third-order valence-corrected chi connectivity index (χ3v) is 7.71. The van der Waals surface area contributed by atoms with Gasteiger partial charge in [-0.2, -0.15) is 0 Å². The molecule has 8 atom stereocenters. The van der Waals surface area contributed by atoms with Crippen LogP contribution in [0.25, 0.3) is 0 Å². The Balaban J connectivity index is 1.14. The third kappa shape index (κ3) is 2.63. The first kappa shape index (κ1) is 15.9. The molecule has 0 aromatic carbocycles. The highest BCUT2D eigenvalue weighted by Gasteiger charge is 2.62. The van der Waals surface area contributed by atoms with Gasteiger partial charge in [0.2, 0.25) is 0 Å². The van der Waals surface area contributed by atoms with Crippen LogP contribution in [0.4, 0.5) is 0 Å². The molecule has 0 radical (unpaired) electrons. The van der Waals surface area contributed by atoms with Crippen molar-refractivity contribution in [3.05, 3.63) is 12.2 Å². The number of hydrogen-bond donors (Lipinski definition) is 0. The minimum atomic E-state index is -0.0997. The third-order valence-electron chi connectivity index (χ3n) is 7.71. The Kier molecular flexibility index (Phi) is 3.90. The maximum Gasteiger partial charge on any atom is 0.309 e. The molecular weight excluding hydrogens is 316 g/mol. The van der Waals surface area contributed by atoms with Gasteiger partial charge in [-0.05, 0) is 74.0 Å². The van der Waals surface area contributed by atoms with Crippen LogP contribution < -0.4 is 0 Å². The summed E-state index contributed by atoms with van der Waals surface area (Å²) < 4.78 is 11.1. The van der Waals surface area contributed by atoms with Gasteiger partial charge in [-0.15, -0.1) is 0 Å².